The van der Waals surface area contributed by atoms with Crippen molar-refractivity contribution in [2.24, 2.45) is 0 Å². The number of nitriles is 1. The van der Waals surface area contributed by atoms with Crippen LogP contribution in [0.1, 0.15) is 23.7 Å². The van der Waals surface area contributed by atoms with E-state index in [1.165, 1.54) is 5.56 Å². The Morgan fingerprint density at radius 2 is 2.07 bits per heavy atom. The minimum atomic E-state index is -1.17. The van der Waals surface area contributed by atoms with E-state index < -0.39 is 8.07 Å². The number of hydrogen-bond acceptors (Lipinski definition) is 2. The first-order chi connectivity index (χ1) is 6.45. The molecule has 0 radical (unpaired) electrons. The summed E-state index contributed by atoms with van der Waals surface area (Å²) in [6.07, 6.45) is 1.73. The standard InChI is InChI=1S/C11H16N2Si/c1-9(14(2,3)4)10-5-6-13-11(7-10)8-12/h5-7,9H,1-4H3. The van der Waals surface area contributed by atoms with Crippen molar-refractivity contribution in [3.05, 3.63) is 29.6 Å². The summed E-state index contributed by atoms with van der Waals surface area (Å²) in [6.45, 7) is 9.25. The maximum Gasteiger partial charge on any atom is 0.140 e. The van der Waals surface area contributed by atoms with Crippen molar-refractivity contribution in [1.29, 1.82) is 5.26 Å². The molecule has 0 aliphatic rings. The van der Waals surface area contributed by atoms with Gasteiger partial charge in [-0.3, -0.25) is 0 Å². The SMILES string of the molecule is CC(c1ccnc(C#N)c1)[Si](C)(C)C. The first-order valence-electron chi connectivity index (χ1n) is 4.81. The minimum absolute atomic E-state index is 0.521. The van der Waals surface area contributed by atoms with Crippen molar-refractivity contribution in [3.8, 4) is 6.07 Å². The van der Waals surface area contributed by atoms with E-state index in [0.717, 1.165) is 0 Å². The summed E-state index contributed by atoms with van der Waals surface area (Å²) in [4.78, 5) is 3.98. The molecule has 1 aromatic heterocycles. The number of aromatic nitrogens is 1. The molecular formula is C11H16N2Si. The molecule has 1 atom stereocenters. The topological polar surface area (TPSA) is 36.7 Å². The second-order valence-corrected chi connectivity index (χ2v) is 10.3. The lowest BCUT2D eigenvalue weighted by molar-refractivity contribution is 1.00. The second kappa shape index (κ2) is 3.93. The van der Waals surface area contributed by atoms with Gasteiger partial charge < -0.3 is 0 Å². The van der Waals surface area contributed by atoms with E-state index in [1.54, 1.807) is 6.20 Å². The molecule has 1 rings (SSSR count). The number of pyridine rings is 1. The molecule has 14 heavy (non-hydrogen) atoms. The lowest BCUT2D eigenvalue weighted by atomic mass is 10.2. The average Bonchev–Trinajstić information content (AvgIpc) is 2.15. The van der Waals surface area contributed by atoms with Gasteiger partial charge in [-0.2, -0.15) is 5.26 Å². The highest BCUT2D eigenvalue weighted by Crippen LogP contribution is 2.26. The van der Waals surface area contributed by atoms with Crippen LogP contribution >= 0.6 is 0 Å². The van der Waals surface area contributed by atoms with Crippen LogP contribution in [0.15, 0.2) is 18.3 Å². The molecule has 3 heteroatoms. The zero-order valence-electron chi connectivity index (χ0n) is 9.20. The van der Waals surface area contributed by atoms with Gasteiger partial charge in [0.1, 0.15) is 11.8 Å². The van der Waals surface area contributed by atoms with Crippen LogP contribution in [0.2, 0.25) is 19.6 Å². The molecule has 0 N–H and O–H groups in total. The van der Waals surface area contributed by atoms with Gasteiger partial charge in [-0.25, -0.2) is 4.98 Å². The summed E-state index contributed by atoms with van der Waals surface area (Å²) in [5, 5.41) is 8.75. The summed E-state index contributed by atoms with van der Waals surface area (Å²) in [7, 11) is -1.17. The molecule has 0 fully saturated rings. The molecule has 0 bridgehead atoms. The molecule has 2 nitrogen and oxygen atoms in total. The monoisotopic (exact) mass is 204 g/mol. The fourth-order valence-electron chi connectivity index (χ4n) is 1.28. The van der Waals surface area contributed by atoms with Crippen LogP contribution in [0.25, 0.3) is 0 Å². The molecule has 0 saturated heterocycles. The predicted octanol–water partition coefficient (Wildman–Crippen LogP) is 2.93. The molecule has 0 aliphatic heterocycles. The number of rotatable bonds is 2. The zero-order valence-corrected chi connectivity index (χ0v) is 10.2. The quantitative estimate of drug-likeness (QED) is 0.694. The Labute approximate surface area is 86.6 Å². The average molecular weight is 204 g/mol. The highest BCUT2D eigenvalue weighted by Gasteiger charge is 2.23. The Balaban J connectivity index is 3.03. The minimum Gasteiger partial charge on any atom is -0.246 e. The van der Waals surface area contributed by atoms with E-state index in [0.29, 0.717) is 11.2 Å². The van der Waals surface area contributed by atoms with Gasteiger partial charge in [-0.15, -0.1) is 0 Å². The fourth-order valence-corrected chi connectivity index (χ4v) is 2.46. The molecule has 0 aromatic carbocycles. The van der Waals surface area contributed by atoms with Crippen molar-refractivity contribution in [2.75, 3.05) is 0 Å². The molecule has 1 unspecified atom stereocenters. The Kier molecular flexibility index (Phi) is 3.07. The van der Waals surface area contributed by atoms with Gasteiger partial charge >= 0.3 is 0 Å². The van der Waals surface area contributed by atoms with Crippen LogP contribution in [-0.4, -0.2) is 13.1 Å². The van der Waals surface area contributed by atoms with Crippen LogP contribution in [0.3, 0.4) is 0 Å². The van der Waals surface area contributed by atoms with Crippen LogP contribution < -0.4 is 0 Å². The molecule has 1 aromatic rings. The Morgan fingerprint density at radius 1 is 1.43 bits per heavy atom. The van der Waals surface area contributed by atoms with E-state index >= 15 is 0 Å². The normalized spacial score (nSPS) is 13.4. The van der Waals surface area contributed by atoms with Gasteiger partial charge in [0, 0.05) is 6.20 Å². The second-order valence-electron chi connectivity index (χ2n) is 4.67. The molecule has 0 amide bonds. The third-order valence-corrected chi connectivity index (χ3v) is 5.63. The summed E-state index contributed by atoms with van der Waals surface area (Å²) < 4.78 is 0. The van der Waals surface area contributed by atoms with Crippen LogP contribution in [0.5, 0.6) is 0 Å². The Bertz CT molecular complexity index is 360. The van der Waals surface area contributed by atoms with Crippen molar-refractivity contribution < 1.29 is 0 Å². The predicted molar refractivity (Wildman–Crippen MR) is 60.7 cm³/mol. The van der Waals surface area contributed by atoms with Gasteiger partial charge in [-0.05, 0) is 23.2 Å². The summed E-state index contributed by atoms with van der Waals surface area (Å²) >= 11 is 0. The van der Waals surface area contributed by atoms with Gasteiger partial charge in [-0.1, -0.05) is 26.6 Å². The Hall–Kier alpha value is -1.14. The van der Waals surface area contributed by atoms with Crippen molar-refractivity contribution in [3.63, 3.8) is 0 Å². The third-order valence-electron chi connectivity index (χ3n) is 2.70. The lowest BCUT2D eigenvalue weighted by Gasteiger charge is -2.25. The van der Waals surface area contributed by atoms with Gasteiger partial charge in [0.15, 0.2) is 0 Å². The van der Waals surface area contributed by atoms with E-state index in [1.807, 2.05) is 12.1 Å². The maximum absolute atomic E-state index is 8.75. The molecule has 0 aliphatic carbocycles. The van der Waals surface area contributed by atoms with Gasteiger partial charge in [0.05, 0.1) is 8.07 Å². The van der Waals surface area contributed by atoms with E-state index in [2.05, 4.69) is 37.6 Å². The summed E-state index contributed by atoms with van der Waals surface area (Å²) in [5.41, 5.74) is 2.33. The van der Waals surface area contributed by atoms with Crippen molar-refractivity contribution in [1.82, 2.24) is 4.98 Å². The molecule has 1 heterocycles. The van der Waals surface area contributed by atoms with E-state index in [9.17, 15) is 0 Å². The van der Waals surface area contributed by atoms with E-state index in [4.69, 9.17) is 5.26 Å². The molecule has 0 spiro atoms. The third kappa shape index (κ3) is 2.42. The van der Waals surface area contributed by atoms with Crippen molar-refractivity contribution in [2.45, 2.75) is 32.1 Å². The van der Waals surface area contributed by atoms with Crippen LogP contribution in [0.4, 0.5) is 0 Å². The van der Waals surface area contributed by atoms with Gasteiger partial charge in [0.2, 0.25) is 0 Å². The first-order valence-corrected chi connectivity index (χ1v) is 8.39. The van der Waals surface area contributed by atoms with Crippen molar-refractivity contribution >= 4 is 8.07 Å². The molecular weight excluding hydrogens is 188 g/mol. The number of hydrogen-bond donors (Lipinski definition) is 0. The summed E-state index contributed by atoms with van der Waals surface area (Å²) in [5.74, 6) is 0. The Morgan fingerprint density at radius 3 is 2.57 bits per heavy atom. The molecule has 0 saturated carbocycles. The zero-order chi connectivity index (χ0) is 10.8. The lowest BCUT2D eigenvalue weighted by Crippen LogP contribution is -2.28. The highest BCUT2D eigenvalue weighted by molar-refractivity contribution is 6.77. The van der Waals surface area contributed by atoms with E-state index in [-0.39, 0.29) is 0 Å². The molecule has 74 valence electrons. The van der Waals surface area contributed by atoms with Crippen LogP contribution in [-0.2, 0) is 0 Å². The highest BCUT2D eigenvalue weighted by atomic mass is 28.3. The fraction of sp³-hybridized carbons (Fsp3) is 0.455. The van der Waals surface area contributed by atoms with Crippen LogP contribution in [0, 0.1) is 11.3 Å². The smallest absolute Gasteiger partial charge is 0.140 e. The maximum atomic E-state index is 8.75. The largest absolute Gasteiger partial charge is 0.246 e. The summed E-state index contributed by atoms with van der Waals surface area (Å²) in [6, 6.07) is 6.00. The number of nitrogens with zero attached hydrogens (tertiary/aromatic N) is 2. The van der Waals surface area contributed by atoms with Gasteiger partial charge in [0.25, 0.3) is 0 Å². The first kappa shape index (κ1) is 10.9.